The first-order valence-electron chi connectivity index (χ1n) is 5.14. The van der Waals surface area contributed by atoms with Gasteiger partial charge >= 0.3 is 6.29 Å². The molecule has 0 N–H and O–H groups in total. The molecule has 0 saturated heterocycles. The van der Waals surface area contributed by atoms with Crippen LogP contribution in [0, 0.1) is 0 Å². The number of unbranched alkanes of at least 4 members (excludes halogenated alkanes) is 1. The van der Waals surface area contributed by atoms with Gasteiger partial charge in [-0.25, -0.2) is 0 Å². The van der Waals surface area contributed by atoms with Crippen LogP contribution in [0.5, 0.6) is 17.2 Å². The lowest BCUT2D eigenvalue weighted by atomic mass is 10.3. The Morgan fingerprint density at radius 3 is 2.88 bits per heavy atom. The maximum absolute atomic E-state index is 12.8. The van der Waals surface area contributed by atoms with Crippen molar-refractivity contribution in [3.8, 4) is 17.2 Å². The first-order valence-corrected chi connectivity index (χ1v) is 5.14. The van der Waals surface area contributed by atoms with Crippen molar-refractivity contribution in [1.82, 2.24) is 0 Å². The quantitative estimate of drug-likeness (QED) is 0.743. The van der Waals surface area contributed by atoms with E-state index in [0.717, 1.165) is 12.8 Å². The second-order valence-corrected chi connectivity index (χ2v) is 3.45. The molecule has 88 valence electrons. The average Bonchev–Trinajstić information content (AvgIpc) is 2.53. The van der Waals surface area contributed by atoms with E-state index >= 15 is 0 Å². The summed E-state index contributed by atoms with van der Waals surface area (Å²) in [4.78, 5) is 0. The van der Waals surface area contributed by atoms with Crippen LogP contribution in [0.1, 0.15) is 19.8 Å². The maximum Gasteiger partial charge on any atom is 0.586 e. The first kappa shape index (κ1) is 11.0. The molecule has 0 radical (unpaired) electrons. The van der Waals surface area contributed by atoms with Crippen molar-refractivity contribution in [2.75, 3.05) is 6.61 Å². The number of benzene rings is 1. The first-order chi connectivity index (χ1) is 7.62. The smallest absolute Gasteiger partial charge is 0.490 e. The number of rotatable bonds is 4. The van der Waals surface area contributed by atoms with Crippen LogP contribution in [0.25, 0.3) is 0 Å². The molecule has 0 unspecified atom stereocenters. The highest BCUT2D eigenvalue weighted by Gasteiger charge is 2.44. The van der Waals surface area contributed by atoms with Crippen LogP contribution >= 0.6 is 0 Å². The minimum Gasteiger partial charge on any atom is -0.490 e. The van der Waals surface area contributed by atoms with Gasteiger partial charge in [0.05, 0.1) is 6.61 Å². The summed E-state index contributed by atoms with van der Waals surface area (Å²) < 4.78 is 39.6. The lowest BCUT2D eigenvalue weighted by molar-refractivity contribution is -0.287. The molecular weight excluding hydrogens is 218 g/mol. The van der Waals surface area contributed by atoms with Crippen LogP contribution in [0.15, 0.2) is 18.2 Å². The number of fused-ring (bicyclic) bond motifs is 1. The molecular formula is C11H12F2O3. The standard InChI is InChI=1S/C11H12F2O3/c1-2-3-7-14-8-5-4-6-9-10(8)16-11(12,13)15-9/h4-6H,2-3,7H2,1H3. The molecule has 0 fully saturated rings. The zero-order valence-electron chi connectivity index (χ0n) is 8.83. The Bertz CT molecular complexity index is 379. The third kappa shape index (κ3) is 2.18. The third-order valence-electron chi connectivity index (χ3n) is 2.15. The minimum atomic E-state index is -3.59. The van der Waals surface area contributed by atoms with Gasteiger partial charge in [-0.2, -0.15) is 0 Å². The zero-order valence-corrected chi connectivity index (χ0v) is 8.83. The Labute approximate surface area is 91.9 Å². The molecule has 0 spiro atoms. The van der Waals surface area contributed by atoms with Crippen molar-refractivity contribution in [2.24, 2.45) is 0 Å². The summed E-state index contributed by atoms with van der Waals surface area (Å²) in [5.41, 5.74) is 0. The molecule has 1 aliphatic rings. The van der Waals surface area contributed by atoms with E-state index < -0.39 is 6.29 Å². The van der Waals surface area contributed by atoms with Crippen molar-refractivity contribution in [3.63, 3.8) is 0 Å². The molecule has 1 aliphatic heterocycles. The molecule has 16 heavy (non-hydrogen) atoms. The molecule has 5 heteroatoms. The number of hydrogen-bond donors (Lipinski definition) is 0. The van der Waals surface area contributed by atoms with Crippen molar-refractivity contribution in [2.45, 2.75) is 26.1 Å². The van der Waals surface area contributed by atoms with Gasteiger partial charge in [0.2, 0.25) is 5.75 Å². The van der Waals surface area contributed by atoms with Gasteiger partial charge in [-0.3, -0.25) is 0 Å². The zero-order chi connectivity index (χ0) is 11.6. The summed E-state index contributed by atoms with van der Waals surface area (Å²) >= 11 is 0. The fraction of sp³-hybridized carbons (Fsp3) is 0.455. The number of halogens is 2. The summed E-state index contributed by atoms with van der Waals surface area (Å²) in [7, 11) is 0. The van der Waals surface area contributed by atoms with Crippen molar-refractivity contribution in [1.29, 1.82) is 0 Å². The maximum atomic E-state index is 12.8. The van der Waals surface area contributed by atoms with Gasteiger partial charge in [-0.1, -0.05) is 19.4 Å². The second kappa shape index (κ2) is 4.15. The van der Waals surface area contributed by atoms with E-state index in [2.05, 4.69) is 9.47 Å². The number of hydrogen-bond acceptors (Lipinski definition) is 3. The Balaban J connectivity index is 2.14. The van der Waals surface area contributed by atoms with E-state index in [1.54, 1.807) is 12.1 Å². The molecule has 3 nitrogen and oxygen atoms in total. The van der Waals surface area contributed by atoms with E-state index in [9.17, 15) is 8.78 Å². The van der Waals surface area contributed by atoms with Crippen molar-refractivity contribution < 1.29 is 23.0 Å². The Hall–Kier alpha value is -1.52. The molecule has 0 atom stereocenters. The van der Waals surface area contributed by atoms with Crippen LogP contribution in [0.2, 0.25) is 0 Å². The van der Waals surface area contributed by atoms with Gasteiger partial charge in [-0.15, -0.1) is 8.78 Å². The summed E-state index contributed by atoms with van der Waals surface area (Å²) in [6.45, 7) is 2.49. The molecule has 1 aromatic rings. The predicted octanol–water partition coefficient (Wildman–Crippen LogP) is 3.19. The Morgan fingerprint density at radius 2 is 2.12 bits per heavy atom. The van der Waals surface area contributed by atoms with Crippen molar-refractivity contribution in [3.05, 3.63) is 18.2 Å². The molecule has 0 saturated carbocycles. The number of alkyl halides is 2. The number of ether oxygens (including phenoxy) is 3. The topological polar surface area (TPSA) is 27.7 Å². The summed E-state index contributed by atoms with van der Waals surface area (Å²) in [5.74, 6) is 0.283. The van der Waals surface area contributed by atoms with Gasteiger partial charge in [0.1, 0.15) is 0 Å². The van der Waals surface area contributed by atoms with Crippen LogP contribution < -0.4 is 14.2 Å². The lowest BCUT2D eigenvalue weighted by Gasteiger charge is -2.08. The Morgan fingerprint density at radius 1 is 1.31 bits per heavy atom. The minimum absolute atomic E-state index is 0.0130. The lowest BCUT2D eigenvalue weighted by Crippen LogP contribution is -2.26. The van der Waals surface area contributed by atoms with Gasteiger partial charge in [0.25, 0.3) is 0 Å². The summed E-state index contributed by atoms with van der Waals surface area (Å²) in [5, 5.41) is 0. The monoisotopic (exact) mass is 230 g/mol. The summed E-state index contributed by atoms with van der Waals surface area (Å²) in [6.07, 6.45) is -1.75. The van der Waals surface area contributed by atoms with Crippen LogP contribution in [0.3, 0.4) is 0 Å². The molecule has 1 aromatic carbocycles. The largest absolute Gasteiger partial charge is 0.586 e. The average molecular weight is 230 g/mol. The molecule has 0 amide bonds. The van der Waals surface area contributed by atoms with Gasteiger partial charge in [0.15, 0.2) is 11.5 Å². The fourth-order valence-corrected chi connectivity index (χ4v) is 1.38. The van der Waals surface area contributed by atoms with Crippen molar-refractivity contribution >= 4 is 0 Å². The normalized spacial score (nSPS) is 16.2. The highest BCUT2D eigenvalue weighted by molar-refractivity contribution is 5.52. The SMILES string of the molecule is CCCCOc1cccc2c1OC(F)(F)O2. The van der Waals surface area contributed by atoms with Gasteiger partial charge in [-0.05, 0) is 18.6 Å². The molecule has 0 aliphatic carbocycles. The Kier molecular flexibility index (Phi) is 2.85. The molecule has 2 rings (SSSR count). The van der Waals surface area contributed by atoms with E-state index in [1.807, 2.05) is 6.92 Å². The van der Waals surface area contributed by atoms with E-state index in [4.69, 9.17) is 4.74 Å². The van der Waals surface area contributed by atoms with E-state index in [0.29, 0.717) is 12.4 Å². The second-order valence-electron chi connectivity index (χ2n) is 3.45. The molecule has 0 aromatic heterocycles. The van der Waals surface area contributed by atoms with Gasteiger partial charge in [0, 0.05) is 0 Å². The fourth-order valence-electron chi connectivity index (χ4n) is 1.38. The third-order valence-corrected chi connectivity index (χ3v) is 2.15. The molecule has 1 heterocycles. The highest BCUT2D eigenvalue weighted by Crippen LogP contribution is 2.46. The molecule has 0 bridgehead atoms. The predicted molar refractivity (Wildman–Crippen MR) is 53.0 cm³/mol. The van der Waals surface area contributed by atoms with Crippen LogP contribution in [-0.2, 0) is 0 Å². The van der Waals surface area contributed by atoms with E-state index in [-0.39, 0.29) is 11.5 Å². The van der Waals surface area contributed by atoms with Crippen LogP contribution in [-0.4, -0.2) is 12.9 Å². The summed E-state index contributed by atoms with van der Waals surface area (Å²) in [6, 6.07) is 4.59. The van der Waals surface area contributed by atoms with Crippen LogP contribution in [0.4, 0.5) is 8.78 Å². The van der Waals surface area contributed by atoms with E-state index in [1.165, 1.54) is 6.07 Å². The van der Waals surface area contributed by atoms with Gasteiger partial charge < -0.3 is 14.2 Å². The highest BCUT2D eigenvalue weighted by atomic mass is 19.3. The number of para-hydroxylation sites is 1.